The monoisotopic (exact) mass is 467 g/mol. The Morgan fingerprint density at radius 2 is 1.69 bits per heavy atom. The minimum atomic E-state index is -0.241. The van der Waals surface area contributed by atoms with Gasteiger partial charge in [-0.25, -0.2) is 4.79 Å². The van der Waals surface area contributed by atoms with E-state index in [0.29, 0.717) is 13.2 Å². The van der Waals surface area contributed by atoms with Crippen molar-refractivity contribution in [2.45, 2.75) is 25.9 Å². The number of urea groups is 1. The molecule has 6 heteroatoms. The van der Waals surface area contributed by atoms with Crippen LogP contribution in [0.4, 0.5) is 10.5 Å². The van der Waals surface area contributed by atoms with Crippen molar-refractivity contribution in [1.29, 1.82) is 0 Å². The number of nitrogens with zero attached hydrogens (tertiary/aromatic N) is 2. The molecular weight excluding hydrogens is 438 g/mol. The van der Waals surface area contributed by atoms with E-state index in [9.17, 15) is 4.79 Å². The first-order chi connectivity index (χ1) is 17.2. The standard InChI is InChI=1S/C29H29N3O3/c1-2-34-24-16-14-23(15-17-24)30-29(33)32-20-8-19-31-18-7-13-27(31)28(32)22-9-6-12-26(21-22)35-25-10-4-3-5-11-25/h3-7,9-18,21,28H,2,8,19-20H2,1H3,(H,30,33). The molecule has 0 bridgehead atoms. The van der Waals surface area contributed by atoms with E-state index in [0.717, 1.165) is 47.2 Å². The molecule has 0 saturated heterocycles. The molecule has 35 heavy (non-hydrogen) atoms. The molecule has 178 valence electrons. The number of benzene rings is 3. The van der Waals surface area contributed by atoms with Crippen LogP contribution in [0.1, 0.15) is 30.6 Å². The van der Waals surface area contributed by atoms with Gasteiger partial charge in [0.1, 0.15) is 17.2 Å². The van der Waals surface area contributed by atoms with Gasteiger partial charge in [-0.05, 0) is 79.6 Å². The van der Waals surface area contributed by atoms with Gasteiger partial charge in [0.05, 0.1) is 12.6 Å². The molecule has 1 aliphatic heterocycles. The fraction of sp³-hybridized carbons (Fsp3) is 0.207. The second-order valence-electron chi connectivity index (χ2n) is 8.45. The van der Waals surface area contributed by atoms with Crippen LogP contribution in [0.5, 0.6) is 17.2 Å². The topological polar surface area (TPSA) is 55.7 Å². The molecule has 0 spiro atoms. The molecular formula is C29H29N3O3. The highest BCUT2D eigenvalue weighted by Gasteiger charge is 2.31. The summed E-state index contributed by atoms with van der Waals surface area (Å²) in [6.45, 7) is 4.06. The molecule has 1 unspecified atom stereocenters. The molecule has 0 aliphatic carbocycles. The summed E-state index contributed by atoms with van der Waals surface area (Å²) in [7, 11) is 0. The highest BCUT2D eigenvalue weighted by Crippen LogP contribution is 2.35. The summed E-state index contributed by atoms with van der Waals surface area (Å²) in [6, 6.07) is 29.0. The van der Waals surface area contributed by atoms with Gasteiger partial charge in [0.15, 0.2) is 0 Å². The van der Waals surface area contributed by atoms with Crippen LogP contribution in [-0.4, -0.2) is 28.6 Å². The third kappa shape index (κ3) is 5.17. The molecule has 6 nitrogen and oxygen atoms in total. The molecule has 1 aromatic heterocycles. The van der Waals surface area contributed by atoms with E-state index < -0.39 is 0 Å². The van der Waals surface area contributed by atoms with Gasteiger partial charge in [0.2, 0.25) is 0 Å². The Morgan fingerprint density at radius 3 is 2.49 bits per heavy atom. The van der Waals surface area contributed by atoms with Gasteiger partial charge in [-0.15, -0.1) is 0 Å². The van der Waals surface area contributed by atoms with E-state index in [2.05, 4.69) is 28.2 Å². The average Bonchev–Trinajstić information content (AvgIpc) is 3.25. The smallest absolute Gasteiger partial charge is 0.322 e. The zero-order valence-corrected chi connectivity index (χ0v) is 19.8. The largest absolute Gasteiger partial charge is 0.494 e. The van der Waals surface area contributed by atoms with Gasteiger partial charge in [-0.1, -0.05) is 30.3 Å². The van der Waals surface area contributed by atoms with Gasteiger partial charge in [0, 0.05) is 30.7 Å². The van der Waals surface area contributed by atoms with E-state index in [1.807, 2.05) is 90.7 Å². The highest BCUT2D eigenvalue weighted by molar-refractivity contribution is 5.90. The zero-order valence-electron chi connectivity index (χ0n) is 19.8. The molecule has 0 fully saturated rings. The van der Waals surface area contributed by atoms with E-state index in [4.69, 9.17) is 9.47 Å². The molecule has 1 atom stereocenters. The number of nitrogens with one attached hydrogen (secondary N) is 1. The number of rotatable bonds is 6. The fourth-order valence-electron chi connectivity index (χ4n) is 4.52. The molecule has 3 aromatic carbocycles. The Balaban J connectivity index is 1.44. The summed E-state index contributed by atoms with van der Waals surface area (Å²) < 4.78 is 13.9. The molecule has 5 rings (SSSR count). The minimum absolute atomic E-state index is 0.136. The number of carbonyl (C=O) groups is 1. The zero-order chi connectivity index (χ0) is 24.0. The SMILES string of the molecule is CCOc1ccc(NC(=O)N2CCCn3cccc3C2c2cccc(Oc3ccccc3)c2)cc1. The predicted molar refractivity (Wildman–Crippen MR) is 137 cm³/mol. The van der Waals surface area contributed by atoms with Crippen molar-refractivity contribution in [2.24, 2.45) is 0 Å². The maximum Gasteiger partial charge on any atom is 0.322 e. The third-order valence-corrected chi connectivity index (χ3v) is 6.08. The van der Waals surface area contributed by atoms with Crippen LogP contribution in [0.2, 0.25) is 0 Å². The molecule has 0 radical (unpaired) electrons. The Bertz CT molecular complexity index is 1270. The second kappa shape index (κ2) is 10.4. The first kappa shape index (κ1) is 22.6. The number of hydrogen-bond donors (Lipinski definition) is 1. The van der Waals surface area contributed by atoms with Crippen molar-refractivity contribution in [3.05, 3.63) is 108 Å². The third-order valence-electron chi connectivity index (χ3n) is 6.08. The molecule has 1 aliphatic rings. The van der Waals surface area contributed by atoms with Crippen LogP contribution in [0.15, 0.2) is 97.2 Å². The van der Waals surface area contributed by atoms with E-state index in [1.54, 1.807) is 0 Å². The van der Waals surface area contributed by atoms with Crippen molar-refractivity contribution < 1.29 is 14.3 Å². The van der Waals surface area contributed by atoms with Crippen LogP contribution in [-0.2, 0) is 6.54 Å². The molecule has 1 N–H and O–H groups in total. The van der Waals surface area contributed by atoms with Crippen molar-refractivity contribution >= 4 is 11.7 Å². The number of aryl methyl sites for hydroxylation is 1. The molecule has 2 heterocycles. The summed E-state index contributed by atoms with van der Waals surface area (Å²) in [5.74, 6) is 2.30. The van der Waals surface area contributed by atoms with Crippen molar-refractivity contribution in [1.82, 2.24) is 9.47 Å². The van der Waals surface area contributed by atoms with Crippen LogP contribution >= 0.6 is 0 Å². The lowest BCUT2D eigenvalue weighted by Gasteiger charge is -2.31. The number of amides is 2. The van der Waals surface area contributed by atoms with Crippen LogP contribution in [0.3, 0.4) is 0 Å². The Morgan fingerprint density at radius 1 is 0.886 bits per heavy atom. The van der Waals surface area contributed by atoms with Crippen molar-refractivity contribution in [3.8, 4) is 17.2 Å². The number of anilines is 1. The molecule has 4 aromatic rings. The van der Waals surface area contributed by atoms with Crippen molar-refractivity contribution in [2.75, 3.05) is 18.5 Å². The lowest BCUT2D eigenvalue weighted by atomic mass is 10.0. The summed E-state index contributed by atoms with van der Waals surface area (Å²) in [5.41, 5.74) is 2.82. The van der Waals surface area contributed by atoms with Crippen LogP contribution in [0, 0.1) is 0 Å². The van der Waals surface area contributed by atoms with Crippen LogP contribution in [0.25, 0.3) is 0 Å². The minimum Gasteiger partial charge on any atom is -0.494 e. The Labute approximate surface area is 205 Å². The second-order valence-corrected chi connectivity index (χ2v) is 8.45. The van der Waals surface area contributed by atoms with E-state index in [-0.39, 0.29) is 12.1 Å². The van der Waals surface area contributed by atoms with E-state index >= 15 is 0 Å². The molecule has 2 amide bonds. The van der Waals surface area contributed by atoms with Crippen molar-refractivity contribution in [3.63, 3.8) is 0 Å². The summed E-state index contributed by atoms with van der Waals surface area (Å²) in [5, 5.41) is 3.08. The number of ether oxygens (including phenoxy) is 2. The lowest BCUT2D eigenvalue weighted by molar-refractivity contribution is 0.199. The average molecular weight is 468 g/mol. The highest BCUT2D eigenvalue weighted by atomic mass is 16.5. The first-order valence-corrected chi connectivity index (χ1v) is 12.0. The number of carbonyl (C=O) groups excluding carboxylic acids is 1. The number of aromatic nitrogens is 1. The summed E-state index contributed by atoms with van der Waals surface area (Å²) >= 11 is 0. The van der Waals surface area contributed by atoms with Gasteiger partial charge < -0.3 is 24.3 Å². The Hall–Kier alpha value is -4.19. The fourth-order valence-corrected chi connectivity index (χ4v) is 4.52. The number of hydrogen-bond acceptors (Lipinski definition) is 3. The predicted octanol–water partition coefficient (Wildman–Crippen LogP) is 6.71. The molecule has 0 saturated carbocycles. The maximum atomic E-state index is 13.6. The van der Waals surface area contributed by atoms with Gasteiger partial charge in [0.25, 0.3) is 0 Å². The van der Waals surface area contributed by atoms with Gasteiger partial charge >= 0.3 is 6.03 Å². The van der Waals surface area contributed by atoms with E-state index in [1.165, 1.54) is 0 Å². The summed E-state index contributed by atoms with van der Waals surface area (Å²) in [4.78, 5) is 15.5. The van der Waals surface area contributed by atoms with Gasteiger partial charge in [-0.3, -0.25) is 0 Å². The normalized spacial score (nSPS) is 15.1. The first-order valence-electron chi connectivity index (χ1n) is 12.0. The maximum absolute atomic E-state index is 13.6. The lowest BCUT2D eigenvalue weighted by Crippen LogP contribution is -2.38. The van der Waals surface area contributed by atoms with Crippen LogP contribution < -0.4 is 14.8 Å². The quantitative estimate of drug-likeness (QED) is 0.343. The van der Waals surface area contributed by atoms with Gasteiger partial charge in [-0.2, -0.15) is 0 Å². The number of fused-ring (bicyclic) bond motifs is 1. The summed E-state index contributed by atoms with van der Waals surface area (Å²) in [6.07, 6.45) is 2.95. The number of para-hydroxylation sites is 1. The Kier molecular flexibility index (Phi) is 6.70.